The van der Waals surface area contributed by atoms with Crippen molar-refractivity contribution < 1.29 is 9.53 Å². The van der Waals surface area contributed by atoms with E-state index in [1.165, 1.54) is 7.11 Å². The van der Waals surface area contributed by atoms with Gasteiger partial charge < -0.3 is 4.74 Å². The highest BCUT2D eigenvalue weighted by Crippen LogP contribution is 2.18. The minimum atomic E-state index is -0.175. The van der Waals surface area contributed by atoms with Gasteiger partial charge in [-0.3, -0.25) is 4.79 Å². The number of carbonyl (C=O) groups is 1. The maximum atomic E-state index is 10.9. The van der Waals surface area contributed by atoms with Crippen molar-refractivity contribution in [2.75, 3.05) is 7.11 Å². The SMILES string of the molecule is COC(=O)CCc1nc(C(C)C)cs1. The van der Waals surface area contributed by atoms with Gasteiger partial charge in [0.1, 0.15) is 0 Å². The van der Waals surface area contributed by atoms with Gasteiger partial charge in [0.15, 0.2) is 0 Å². The van der Waals surface area contributed by atoms with E-state index in [1.54, 1.807) is 11.3 Å². The summed E-state index contributed by atoms with van der Waals surface area (Å²) in [6.07, 6.45) is 1.10. The molecule has 78 valence electrons. The van der Waals surface area contributed by atoms with Crippen molar-refractivity contribution in [3.8, 4) is 0 Å². The largest absolute Gasteiger partial charge is 0.469 e. The molecule has 0 radical (unpaired) electrons. The molecule has 14 heavy (non-hydrogen) atoms. The number of aromatic nitrogens is 1. The van der Waals surface area contributed by atoms with E-state index in [9.17, 15) is 4.79 Å². The molecule has 4 heteroatoms. The molecule has 0 amide bonds. The van der Waals surface area contributed by atoms with Crippen molar-refractivity contribution in [3.63, 3.8) is 0 Å². The zero-order valence-corrected chi connectivity index (χ0v) is 9.56. The molecule has 0 saturated carbocycles. The smallest absolute Gasteiger partial charge is 0.305 e. The molecule has 0 atom stereocenters. The van der Waals surface area contributed by atoms with Crippen LogP contribution in [0.2, 0.25) is 0 Å². The lowest BCUT2D eigenvalue weighted by atomic mass is 10.2. The number of nitrogens with zero attached hydrogens (tertiary/aromatic N) is 1. The van der Waals surface area contributed by atoms with Crippen LogP contribution in [0.5, 0.6) is 0 Å². The first kappa shape index (κ1) is 11.2. The predicted octanol–water partition coefficient (Wildman–Crippen LogP) is 2.37. The Kier molecular flexibility index (Phi) is 4.07. The summed E-state index contributed by atoms with van der Waals surface area (Å²) in [7, 11) is 1.41. The monoisotopic (exact) mass is 213 g/mol. The van der Waals surface area contributed by atoms with Gasteiger partial charge in [0.05, 0.1) is 24.2 Å². The number of hydrogen-bond acceptors (Lipinski definition) is 4. The van der Waals surface area contributed by atoms with Gasteiger partial charge >= 0.3 is 5.97 Å². The Bertz CT molecular complexity index is 307. The van der Waals surface area contributed by atoms with E-state index in [-0.39, 0.29) is 5.97 Å². The van der Waals surface area contributed by atoms with Crippen molar-refractivity contribution >= 4 is 17.3 Å². The Hall–Kier alpha value is -0.900. The summed E-state index contributed by atoms with van der Waals surface area (Å²) < 4.78 is 4.56. The van der Waals surface area contributed by atoms with E-state index in [1.807, 2.05) is 0 Å². The molecule has 0 aliphatic rings. The number of methoxy groups -OCH3 is 1. The third-order valence-electron chi connectivity index (χ3n) is 1.93. The van der Waals surface area contributed by atoms with Crippen LogP contribution in [0.1, 0.15) is 36.9 Å². The highest BCUT2D eigenvalue weighted by Gasteiger charge is 2.07. The van der Waals surface area contributed by atoms with E-state index in [0.717, 1.165) is 10.7 Å². The molecular weight excluding hydrogens is 198 g/mol. The number of carbonyl (C=O) groups excluding carboxylic acids is 1. The predicted molar refractivity (Wildman–Crippen MR) is 56.5 cm³/mol. The molecule has 0 fully saturated rings. The van der Waals surface area contributed by atoms with Crippen molar-refractivity contribution in [1.29, 1.82) is 0 Å². The van der Waals surface area contributed by atoms with E-state index in [4.69, 9.17) is 0 Å². The van der Waals surface area contributed by atoms with E-state index in [2.05, 4.69) is 28.9 Å². The summed E-state index contributed by atoms with van der Waals surface area (Å²) in [6.45, 7) is 4.22. The van der Waals surface area contributed by atoms with E-state index in [0.29, 0.717) is 18.8 Å². The fraction of sp³-hybridized carbons (Fsp3) is 0.600. The number of rotatable bonds is 4. The fourth-order valence-corrected chi connectivity index (χ4v) is 1.98. The fourth-order valence-electron chi connectivity index (χ4n) is 1.02. The van der Waals surface area contributed by atoms with Crippen LogP contribution >= 0.6 is 11.3 Å². The van der Waals surface area contributed by atoms with Crippen LogP contribution in [0.3, 0.4) is 0 Å². The third kappa shape index (κ3) is 3.10. The van der Waals surface area contributed by atoms with E-state index < -0.39 is 0 Å². The zero-order chi connectivity index (χ0) is 10.6. The number of aryl methyl sites for hydroxylation is 1. The summed E-state index contributed by atoms with van der Waals surface area (Å²) in [5.41, 5.74) is 1.11. The molecule has 0 aliphatic carbocycles. The first-order chi connectivity index (χ1) is 6.63. The van der Waals surface area contributed by atoms with Gasteiger partial charge in [-0.05, 0) is 5.92 Å². The molecule has 1 heterocycles. The molecule has 1 aromatic heterocycles. The van der Waals surface area contributed by atoms with Gasteiger partial charge in [-0.2, -0.15) is 0 Å². The maximum absolute atomic E-state index is 10.9. The van der Waals surface area contributed by atoms with Crippen molar-refractivity contribution in [2.24, 2.45) is 0 Å². The Morgan fingerprint density at radius 1 is 1.64 bits per heavy atom. The second-order valence-corrected chi connectivity index (χ2v) is 4.34. The molecule has 0 unspecified atom stereocenters. The lowest BCUT2D eigenvalue weighted by molar-refractivity contribution is -0.140. The second-order valence-electron chi connectivity index (χ2n) is 3.40. The van der Waals surface area contributed by atoms with Crippen LogP contribution in [0.25, 0.3) is 0 Å². The van der Waals surface area contributed by atoms with Crippen molar-refractivity contribution in [1.82, 2.24) is 4.98 Å². The molecule has 3 nitrogen and oxygen atoms in total. The van der Waals surface area contributed by atoms with Crippen LogP contribution in [-0.2, 0) is 16.0 Å². The van der Waals surface area contributed by atoms with Crippen LogP contribution < -0.4 is 0 Å². The summed E-state index contributed by atoms with van der Waals surface area (Å²) in [4.78, 5) is 15.3. The van der Waals surface area contributed by atoms with Crippen molar-refractivity contribution in [3.05, 3.63) is 16.1 Å². The Morgan fingerprint density at radius 2 is 2.36 bits per heavy atom. The average molecular weight is 213 g/mol. The highest BCUT2D eigenvalue weighted by atomic mass is 32.1. The van der Waals surface area contributed by atoms with Gasteiger partial charge in [0.2, 0.25) is 0 Å². The minimum Gasteiger partial charge on any atom is -0.469 e. The number of hydrogen-bond donors (Lipinski definition) is 0. The second kappa shape index (κ2) is 5.10. The van der Waals surface area contributed by atoms with Gasteiger partial charge in [0.25, 0.3) is 0 Å². The molecule has 0 N–H and O–H groups in total. The van der Waals surface area contributed by atoms with Gasteiger partial charge in [-0.15, -0.1) is 11.3 Å². The number of ether oxygens (including phenoxy) is 1. The quantitative estimate of drug-likeness (QED) is 0.721. The average Bonchev–Trinajstić information content (AvgIpc) is 2.62. The normalized spacial score (nSPS) is 10.6. The molecule has 0 saturated heterocycles. The Morgan fingerprint density at radius 3 is 2.86 bits per heavy atom. The highest BCUT2D eigenvalue weighted by molar-refractivity contribution is 7.09. The summed E-state index contributed by atoms with van der Waals surface area (Å²) in [5, 5.41) is 3.07. The van der Waals surface area contributed by atoms with Gasteiger partial charge in [-0.1, -0.05) is 13.8 Å². The standard InChI is InChI=1S/C10H15NO2S/c1-7(2)8-6-14-9(11-8)4-5-10(12)13-3/h6-7H,4-5H2,1-3H3. The van der Waals surface area contributed by atoms with Gasteiger partial charge in [0, 0.05) is 11.8 Å². The number of esters is 1. The molecule has 0 bridgehead atoms. The van der Waals surface area contributed by atoms with E-state index >= 15 is 0 Å². The minimum absolute atomic E-state index is 0.175. The summed E-state index contributed by atoms with van der Waals surface area (Å²) in [5.74, 6) is 0.282. The van der Waals surface area contributed by atoms with Crippen LogP contribution in [0.15, 0.2) is 5.38 Å². The Labute approximate surface area is 88.1 Å². The topological polar surface area (TPSA) is 39.2 Å². The molecule has 0 aromatic carbocycles. The van der Waals surface area contributed by atoms with Crippen LogP contribution in [0.4, 0.5) is 0 Å². The molecular formula is C10H15NO2S. The summed E-state index contributed by atoms with van der Waals surface area (Å²) in [6, 6.07) is 0. The van der Waals surface area contributed by atoms with Gasteiger partial charge in [-0.25, -0.2) is 4.98 Å². The molecule has 0 spiro atoms. The summed E-state index contributed by atoms with van der Waals surface area (Å²) >= 11 is 1.61. The van der Waals surface area contributed by atoms with Crippen molar-refractivity contribution in [2.45, 2.75) is 32.6 Å². The van der Waals surface area contributed by atoms with Crippen LogP contribution in [-0.4, -0.2) is 18.1 Å². The van der Waals surface area contributed by atoms with Crippen LogP contribution in [0, 0.1) is 0 Å². The first-order valence-electron chi connectivity index (χ1n) is 4.64. The molecule has 0 aliphatic heterocycles. The number of thiazole rings is 1. The maximum Gasteiger partial charge on any atom is 0.305 e. The molecule has 1 rings (SSSR count). The lowest BCUT2D eigenvalue weighted by Gasteiger charge is -1.97. The molecule has 1 aromatic rings. The Balaban J connectivity index is 2.48. The lowest BCUT2D eigenvalue weighted by Crippen LogP contribution is -2.01. The first-order valence-corrected chi connectivity index (χ1v) is 5.52. The third-order valence-corrected chi connectivity index (χ3v) is 2.86. The zero-order valence-electron chi connectivity index (χ0n) is 8.74.